The third-order valence-corrected chi connectivity index (χ3v) is 4.47. The highest BCUT2D eigenvalue weighted by Crippen LogP contribution is 2.19. The molecule has 1 fully saturated rings. The van der Waals surface area contributed by atoms with Gasteiger partial charge < -0.3 is 9.64 Å². The van der Waals surface area contributed by atoms with Gasteiger partial charge in [0.1, 0.15) is 5.82 Å². The number of likely N-dealkylation sites (tertiary alicyclic amines) is 1. The van der Waals surface area contributed by atoms with Crippen LogP contribution in [0.5, 0.6) is 0 Å². The number of carbonyl (C=O) groups is 1. The minimum absolute atomic E-state index is 0.0239. The molecule has 4 heteroatoms. The van der Waals surface area contributed by atoms with Crippen molar-refractivity contribution in [3.8, 4) is 0 Å². The molecule has 0 N–H and O–H groups in total. The Balaban J connectivity index is 1.60. The molecule has 0 spiro atoms. The van der Waals surface area contributed by atoms with E-state index >= 15 is 0 Å². The number of carbonyl (C=O) groups excluding carboxylic acids is 1. The van der Waals surface area contributed by atoms with Crippen molar-refractivity contribution in [1.29, 1.82) is 0 Å². The maximum absolute atomic E-state index is 13.3. The Kier molecular flexibility index (Phi) is 5.26. The van der Waals surface area contributed by atoms with Crippen LogP contribution in [0.2, 0.25) is 0 Å². The smallest absolute Gasteiger partial charge is 0.254 e. The van der Waals surface area contributed by atoms with Crippen LogP contribution in [0.25, 0.3) is 0 Å². The van der Waals surface area contributed by atoms with E-state index in [9.17, 15) is 9.18 Å². The summed E-state index contributed by atoms with van der Waals surface area (Å²) in [4.78, 5) is 14.3. The lowest BCUT2D eigenvalue weighted by atomic mass is 10.1. The number of nitrogens with zero attached hydrogens (tertiary/aromatic N) is 1. The first-order valence-electron chi connectivity index (χ1n) is 8.34. The standard InChI is InChI=1S/C20H22FNO2/c1-15-6-2-3-7-17(15)14-24-19-10-5-11-22(13-19)20(23)16-8-4-9-18(21)12-16/h2-4,6-9,12,19H,5,10-11,13-14H2,1H3. The first-order valence-corrected chi connectivity index (χ1v) is 8.34. The first-order chi connectivity index (χ1) is 11.6. The molecule has 1 amide bonds. The number of halogens is 1. The average Bonchev–Trinajstić information content (AvgIpc) is 2.61. The number of hydrogen-bond donors (Lipinski definition) is 0. The van der Waals surface area contributed by atoms with Crippen LogP contribution in [0.3, 0.4) is 0 Å². The van der Waals surface area contributed by atoms with Gasteiger partial charge in [0.15, 0.2) is 0 Å². The third-order valence-electron chi connectivity index (χ3n) is 4.47. The van der Waals surface area contributed by atoms with Crippen molar-refractivity contribution < 1.29 is 13.9 Å². The second-order valence-corrected chi connectivity index (χ2v) is 6.26. The van der Waals surface area contributed by atoms with E-state index in [2.05, 4.69) is 19.1 Å². The zero-order valence-electron chi connectivity index (χ0n) is 13.9. The second-order valence-electron chi connectivity index (χ2n) is 6.26. The van der Waals surface area contributed by atoms with Crippen LogP contribution in [-0.4, -0.2) is 30.0 Å². The topological polar surface area (TPSA) is 29.5 Å². The zero-order chi connectivity index (χ0) is 16.9. The van der Waals surface area contributed by atoms with Gasteiger partial charge in [-0.25, -0.2) is 4.39 Å². The van der Waals surface area contributed by atoms with E-state index in [-0.39, 0.29) is 17.8 Å². The van der Waals surface area contributed by atoms with Crippen LogP contribution in [0.15, 0.2) is 48.5 Å². The summed E-state index contributed by atoms with van der Waals surface area (Å²) < 4.78 is 19.3. The van der Waals surface area contributed by atoms with Gasteiger partial charge in [0.2, 0.25) is 0 Å². The minimum atomic E-state index is -0.384. The van der Waals surface area contributed by atoms with Crippen LogP contribution in [-0.2, 0) is 11.3 Å². The van der Waals surface area contributed by atoms with E-state index in [4.69, 9.17) is 4.74 Å². The largest absolute Gasteiger partial charge is 0.372 e. The highest BCUT2D eigenvalue weighted by atomic mass is 19.1. The molecule has 1 heterocycles. The highest BCUT2D eigenvalue weighted by molar-refractivity contribution is 5.94. The number of hydrogen-bond acceptors (Lipinski definition) is 2. The van der Waals surface area contributed by atoms with Crippen LogP contribution >= 0.6 is 0 Å². The summed E-state index contributed by atoms with van der Waals surface area (Å²) in [5.74, 6) is -0.510. The predicted octanol–water partition coefficient (Wildman–Crippen LogP) is 3.96. The molecule has 1 unspecified atom stereocenters. The molecule has 1 saturated heterocycles. The van der Waals surface area contributed by atoms with Crippen molar-refractivity contribution in [3.63, 3.8) is 0 Å². The average molecular weight is 327 g/mol. The van der Waals surface area contributed by atoms with Gasteiger partial charge in [-0.15, -0.1) is 0 Å². The molecule has 0 aliphatic carbocycles. The molecule has 3 nitrogen and oxygen atoms in total. The molecule has 1 aliphatic heterocycles. The fourth-order valence-corrected chi connectivity index (χ4v) is 3.04. The molecule has 0 radical (unpaired) electrons. The number of piperidine rings is 1. The maximum atomic E-state index is 13.3. The van der Waals surface area contributed by atoms with Gasteiger partial charge in [-0.2, -0.15) is 0 Å². The fraction of sp³-hybridized carbons (Fsp3) is 0.350. The first kappa shape index (κ1) is 16.7. The molecule has 24 heavy (non-hydrogen) atoms. The molecule has 2 aromatic rings. The van der Waals surface area contributed by atoms with Gasteiger partial charge in [-0.1, -0.05) is 30.3 Å². The van der Waals surface area contributed by atoms with E-state index in [0.717, 1.165) is 12.8 Å². The maximum Gasteiger partial charge on any atom is 0.254 e. The lowest BCUT2D eigenvalue weighted by Gasteiger charge is -2.33. The van der Waals surface area contributed by atoms with Crippen molar-refractivity contribution in [2.45, 2.75) is 32.5 Å². The summed E-state index contributed by atoms with van der Waals surface area (Å²) in [6, 6.07) is 14.0. The van der Waals surface area contributed by atoms with Crippen molar-refractivity contribution in [3.05, 3.63) is 71.0 Å². The lowest BCUT2D eigenvalue weighted by molar-refractivity contribution is -0.00689. The molecule has 126 valence electrons. The van der Waals surface area contributed by atoms with Gasteiger partial charge >= 0.3 is 0 Å². The van der Waals surface area contributed by atoms with Gasteiger partial charge in [-0.3, -0.25) is 4.79 Å². The summed E-state index contributed by atoms with van der Waals surface area (Å²) in [5.41, 5.74) is 2.78. The second kappa shape index (κ2) is 7.58. The van der Waals surface area contributed by atoms with Crippen molar-refractivity contribution in [2.75, 3.05) is 13.1 Å². The predicted molar refractivity (Wildman–Crippen MR) is 91.3 cm³/mol. The van der Waals surface area contributed by atoms with Crippen LogP contribution in [0, 0.1) is 12.7 Å². The summed E-state index contributed by atoms with van der Waals surface area (Å²) in [6.45, 7) is 3.87. The monoisotopic (exact) mass is 327 g/mol. The Bertz CT molecular complexity index is 716. The third kappa shape index (κ3) is 4.01. The number of benzene rings is 2. The van der Waals surface area contributed by atoms with E-state index in [0.29, 0.717) is 25.3 Å². The molecule has 1 atom stereocenters. The molecule has 0 aromatic heterocycles. The van der Waals surface area contributed by atoms with Gasteiger partial charge in [-0.05, 0) is 49.1 Å². The van der Waals surface area contributed by atoms with E-state index in [1.165, 1.54) is 23.3 Å². The fourth-order valence-electron chi connectivity index (χ4n) is 3.04. The molecule has 1 aliphatic rings. The summed E-state index contributed by atoms with van der Waals surface area (Å²) in [6.07, 6.45) is 1.87. The molecular weight excluding hydrogens is 305 g/mol. The molecule has 2 aromatic carbocycles. The molecule has 3 rings (SSSR count). The number of rotatable bonds is 4. The van der Waals surface area contributed by atoms with Crippen LogP contribution in [0.4, 0.5) is 4.39 Å². The minimum Gasteiger partial charge on any atom is -0.372 e. The van der Waals surface area contributed by atoms with Crippen molar-refractivity contribution >= 4 is 5.91 Å². The van der Waals surface area contributed by atoms with E-state index in [1.54, 1.807) is 17.0 Å². The summed E-state index contributed by atoms with van der Waals surface area (Å²) in [7, 11) is 0. The van der Waals surface area contributed by atoms with E-state index in [1.807, 2.05) is 12.1 Å². The Labute approximate surface area is 142 Å². The quantitative estimate of drug-likeness (QED) is 0.851. The zero-order valence-corrected chi connectivity index (χ0v) is 13.9. The normalized spacial score (nSPS) is 17.8. The van der Waals surface area contributed by atoms with Crippen molar-refractivity contribution in [1.82, 2.24) is 4.90 Å². The lowest BCUT2D eigenvalue weighted by Crippen LogP contribution is -2.43. The van der Waals surface area contributed by atoms with Crippen LogP contribution < -0.4 is 0 Å². The number of amides is 1. The molecule has 0 saturated carbocycles. The highest BCUT2D eigenvalue weighted by Gasteiger charge is 2.25. The van der Waals surface area contributed by atoms with Gasteiger partial charge in [0.25, 0.3) is 5.91 Å². The Morgan fingerprint density at radius 1 is 1.25 bits per heavy atom. The van der Waals surface area contributed by atoms with Gasteiger partial charge in [0, 0.05) is 18.7 Å². The summed E-state index contributed by atoms with van der Waals surface area (Å²) in [5, 5.41) is 0. The van der Waals surface area contributed by atoms with E-state index < -0.39 is 0 Å². The SMILES string of the molecule is Cc1ccccc1COC1CCCN(C(=O)c2cccc(F)c2)C1. The van der Waals surface area contributed by atoms with Crippen LogP contribution in [0.1, 0.15) is 34.3 Å². The number of ether oxygens (including phenoxy) is 1. The Hall–Kier alpha value is -2.20. The summed E-state index contributed by atoms with van der Waals surface area (Å²) >= 11 is 0. The van der Waals surface area contributed by atoms with Crippen molar-refractivity contribution in [2.24, 2.45) is 0 Å². The Morgan fingerprint density at radius 3 is 2.88 bits per heavy atom. The Morgan fingerprint density at radius 2 is 2.08 bits per heavy atom. The molecular formula is C20H22FNO2. The molecule has 0 bridgehead atoms. The number of aryl methyl sites for hydroxylation is 1. The van der Waals surface area contributed by atoms with Gasteiger partial charge in [0.05, 0.1) is 12.7 Å².